The molecule has 4 rings (SSSR count). The van der Waals surface area contributed by atoms with Gasteiger partial charge in [0.25, 0.3) is 5.91 Å². The third kappa shape index (κ3) is 4.52. The van der Waals surface area contributed by atoms with Crippen molar-refractivity contribution in [3.63, 3.8) is 0 Å². The molecule has 0 radical (unpaired) electrons. The Morgan fingerprint density at radius 1 is 1.14 bits per heavy atom. The Balaban J connectivity index is 1.49. The molecule has 0 bridgehead atoms. The van der Waals surface area contributed by atoms with Crippen molar-refractivity contribution < 1.29 is 9.53 Å². The maximum absolute atomic E-state index is 12.9. The van der Waals surface area contributed by atoms with Crippen LogP contribution in [0.1, 0.15) is 28.5 Å². The molecule has 7 heteroatoms. The Kier molecular flexibility index (Phi) is 5.90. The van der Waals surface area contributed by atoms with Crippen molar-refractivity contribution in [1.29, 1.82) is 0 Å². The first-order valence-electron chi connectivity index (χ1n) is 9.49. The van der Waals surface area contributed by atoms with Gasteiger partial charge in [0, 0.05) is 32.0 Å². The Hall–Kier alpha value is -2.41. The molecule has 0 unspecified atom stereocenters. The molecule has 0 aliphatic carbocycles. The van der Waals surface area contributed by atoms with E-state index < -0.39 is 0 Å². The molecule has 1 atom stereocenters. The van der Waals surface area contributed by atoms with Gasteiger partial charge in [-0.05, 0) is 24.1 Å². The fourth-order valence-corrected chi connectivity index (χ4v) is 3.62. The molecule has 1 aliphatic heterocycles. The number of imidazole rings is 1. The monoisotopic (exact) mass is 398 g/mol. The minimum atomic E-state index is -0.185. The number of nitrogens with zero attached hydrogens (tertiary/aromatic N) is 3. The van der Waals surface area contributed by atoms with E-state index in [9.17, 15) is 4.79 Å². The fraction of sp³-hybridized carbons (Fsp3) is 0.333. The zero-order valence-corrected chi connectivity index (χ0v) is 16.3. The largest absolute Gasteiger partial charge is 0.379 e. The van der Waals surface area contributed by atoms with Gasteiger partial charge in [0.05, 0.1) is 24.3 Å². The van der Waals surface area contributed by atoms with Crippen LogP contribution >= 0.6 is 11.6 Å². The summed E-state index contributed by atoms with van der Waals surface area (Å²) in [5.74, 6) is -0.185. The molecule has 146 valence electrons. The van der Waals surface area contributed by atoms with E-state index in [1.807, 2.05) is 30.3 Å². The van der Waals surface area contributed by atoms with E-state index in [4.69, 9.17) is 16.3 Å². The number of nitrogens with one attached hydrogen (secondary N) is 1. The van der Waals surface area contributed by atoms with Gasteiger partial charge >= 0.3 is 0 Å². The van der Waals surface area contributed by atoms with Gasteiger partial charge in [-0.1, -0.05) is 41.9 Å². The lowest BCUT2D eigenvalue weighted by atomic mass is 10.0. The summed E-state index contributed by atoms with van der Waals surface area (Å²) >= 11 is 6.02. The van der Waals surface area contributed by atoms with Crippen LogP contribution in [-0.4, -0.2) is 53.0 Å². The van der Waals surface area contributed by atoms with E-state index in [0.717, 1.165) is 44.8 Å². The lowest BCUT2D eigenvalue weighted by molar-refractivity contribution is 0.0360. The van der Waals surface area contributed by atoms with Gasteiger partial charge in [0.2, 0.25) is 0 Å². The molecule has 28 heavy (non-hydrogen) atoms. The third-order valence-corrected chi connectivity index (χ3v) is 5.22. The molecule has 3 aromatic rings. The Labute approximate surface area is 169 Å². The van der Waals surface area contributed by atoms with Crippen molar-refractivity contribution in [2.24, 2.45) is 0 Å². The second-order valence-electron chi connectivity index (χ2n) is 6.92. The first-order chi connectivity index (χ1) is 13.7. The molecule has 0 spiro atoms. The summed E-state index contributed by atoms with van der Waals surface area (Å²) in [5, 5.41) is 3.76. The quantitative estimate of drug-likeness (QED) is 0.692. The van der Waals surface area contributed by atoms with Crippen LogP contribution in [0.15, 0.2) is 54.9 Å². The van der Waals surface area contributed by atoms with Gasteiger partial charge in [0.1, 0.15) is 11.3 Å². The summed E-state index contributed by atoms with van der Waals surface area (Å²) in [6, 6.07) is 13.6. The zero-order valence-electron chi connectivity index (χ0n) is 15.6. The van der Waals surface area contributed by atoms with Crippen molar-refractivity contribution in [1.82, 2.24) is 19.6 Å². The summed E-state index contributed by atoms with van der Waals surface area (Å²) in [6.07, 6.45) is 4.28. The maximum Gasteiger partial charge on any atom is 0.271 e. The summed E-state index contributed by atoms with van der Waals surface area (Å²) in [7, 11) is 0. The van der Waals surface area contributed by atoms with E-state index in [-0.39, 0.29) is 11.9 Å². The van der Waals surface area contributed by atoms with Crippen LogP contribution in [0.4, 0.5) is 0 Å². The van der Waals surface area contributed by atoms with E-state index >= 15 is 0 Å². The molecule has 3 heterocycles. The fourth-order valence-electron chi connectivity index (χ4n) is 3.45. The zero-order chi connectivity index (χ0) is 19.3. The highest BCUT2D eigenvalue weighted by Crippen LogP contribution is 2.19. The van der Waals surface area contributed by atoms with E-state index in [2.05, 4.69) is 15.2 Å². The molecule has 0 saturated carbocycles. The molecule has 2 aromatic heterocycles. The normalized spacial score (nSPS) is 16.2. The minimum absolute atomic E-state index is 0.0788. The number of hydrogen-bond acceptors (Lipinski definition) is 4. The molecular weight excluding hydrogens is 376 g/mol. The van der Waals surface area contributed by atoms with Crippen molar-refractivity contribution >= 4 is 23.2 Å². The van der Waals surface area contributed by atoms with Crippen molar-refractivity contribution in [2.75, 3.05) is 32.8 Å². The number of carbonyl (C=O) groups is 1. The molecular formula is C21H23ClN4O2. The van der Waals surface area contributed by atoms with Crippen LogP contribution < -0.4 is 5.32 Å². The summed E-state index contributed by atoms with van der Waals surface area (Å²) < 4.78 is 7.19. The number of pyridine rings is 1. The second-order valence-corrected chi connectivity index (χ2v) is 7.35. The number of ether oxygens (including phenoxy) is 1. The molecule has 1 N–H and O–H groups in total. The number of amides is 1. The second kappa shape index (κ2) is 8.73. The molecule has 1 aromatic carbocycles. The number of aromatic nitrogens is 2. The molecule has 1 saturated heterocycles. The minimum Gasteiger partial charge on any atom is -0.379 e. The smallest absolute Gasteiger partial charge is 0.271 e. The van der Waals surface area contributed by atoms with Gasteiger partial charge in [-0.25, -0.2) is 4.98 Å². The van der Waals surface area contributed by atoms with Gasteiger partial charge in [-0.2, -0.15) is 0 Å². The van der Waals surface area contributed by atoms with Gasteiger partial charge in [0.15, 0.2) is 0 Å². The molecule has 1 amide bonds. The summed E-state index contributed by atoms with van der Waals surface area (Å²) in [5.41, 5.74) is 2.17. The van der Waals surface area contributed by atoms with Gasteiger partial charge < -0.3 is 14.5 Å². The van der Waals surface area contributed by atoms with Gasteiger partial charge in [-0.3, -0.25) is 9.69 Å². The number of benzene rings is 1. The highest BCUT2D eigenvalue weighted by atomic mass is 35.5. The number of hydrogen-bond donors (Lipinski definition) is 1. The molecule has 1 aliphatic rings. The molecule has 1 fully saturated rings. The van der Waals surface area contributed by atoms with Gasteiger partial charge in [-0.15, -0.1) is 0 Å². The third-order valence-electron chi connectivity index (χ3n) is 4.99. The van der Waals surface area contributed by atoms with Crippen LogP contribution in [0.5, 0.6) is 0 Å². The SMILES string of the molecule is O=C(N[C@H](CCN1CCOCC1)c1ccccc1)c1cn2cc(Cl)ccc2n1. The summed E-state index contributed by atoms with van der Waals surface area (Å²) in [4.78, 5) is 19.7. The van der Waals surface area contributed by atoms with Crippen LogP contribution in [-0.2, 0) is 4.74 Å². The highest BCUT2D eigenvalue weighted by Gasteiger charge is 2.20. The predicted octanol–water partition coefficient (Wildman–Crippen LogP) is 3.18. The lowest BCUT2D eigenvalue weighted by Gasteiger charge is -2.28. The van der Waals surface area contributed by atoms with Crippen molar-refractivity contribution in [3.8, 4) is 0 Å². The Morgan fingerprint density at radius 2 is 1.93 bits per heavy atom. The first-order valence-corrected chi connectivity index (χ1v) is 9.87. The predicted molar refractivity (Wildman–Crippen MR) is 109 cm³/mol. The Morgan fingerprint density at radius 3 is 2.71 bits per heavy atom. The maximum atomic E-state index is 12.9. The van der Waals surface area contributed by atoms with E-state index in [0.29, 0.717) is 16.4 Å². The first kappa shape index (κ1) is 18.9. The van der Waals surface area contributed by atoms with E-state index in [1.54, 1.807) is 28.9 Å². The van der Waals surface area contributed by atoms with Crippen LogP contribution in [0.2, 0.25) is 5.02 Å². The average Bonchev–Trinajstić information content (AvgIpc) is 3.16. The number of carbonyl (C=O) groups excluding carboxylic acids is 1. The number of morpholine rings is 1. The van der Waals surface area contributed by atoms with Crippen LogP contribution in [0.3, 0.4) is 0 Å². The number of halogens is 1. The summed E-state index contributed by atoms with van der Waals surface area (Å²) in [6.45, 7) is 4.31. The topological polar surface area (TPSA) is 58.9 Å². The van der Waals surface area contributed by atoms with Crippen molar-refractivity contribution in [3.05, 3.63) is 71.1 Å². The number of rotatable bonds is 6. The number of fused-ring (bicyclic) bond motifs is 1. The van der Waals surface area contributed by atoms with Crippen LogP contribution in [0, 0.1) is 0 Å². The highest BCUT2D eigenvalue weighted by molar-refractivity contribution is 6.30. The standard InChI is InChI=1S/C21H23ClN4O2/c22-17-6-7-20-23-19(15-26(20)14-17)21(27)24-18(16-4-2-1-3-5-16)8-9-25-10-12-28-13-11-25/h1-7,14-15,18H,8-13H2,(H,24,27)/t18-/m1/s1. The lowest BCUT2D eigenvalue weighted by Crippen LogP contribution is -2.39. The molecule has 6 nitrogen and oxygen atoms in total. The van der Waals surface area contributed by atoms with Crippen LogP contribution in [0.25, 0.3) is 5.65 Å². The van der Waals surface area contributed by atoms with Crippen molar-refractivity contribution in [2.45, 2.75) is 12.5 Å². The van der Waals surface area contributed by atoms with E-state index in [1.165, 1.54) is 0 Å². The Bertz CT molecular complexity index is 938. The average molecular weight is 399 g/mol.